The van der Waals surface area contributed by atoms with Crippen molar-refractivity contribution in [2.75, 3.05) is 51.3 Å². The Hall–Kier alpha value is -1.79. The summed E-state index contributed by atoms with van der Waals surface area (Å²) in [5, 5.41) is 6.40. The van der Waals surface area contributed by atoms with Gasteiger partial charge < -0.3 is 20.1 Å². The number of piperidine rings is 1. The summed E-state index contributed by atoms with van der Waals surface area (Å²) >= 11 is 0. The van der Waals surface area contributed by atoms with Crippen molar-refractivity contribution in [3.05, 3.63) is 18.2 Å². The second-order valence-corrected chi connectivity index (χ2v) is 6.45. The number of fused-ring (bicyclic) bond motifs is 1. The zero-order chi connectivity index (χ0) is 16.8. The van der Waals surface area contributed by atoms with Gasteiger partial charge in [-0.25, -0.2) is 0 Å². The standard InChI is InChI=1S/C18H27N3O3/c1-2-21(12-14-4-3-7-19-11-14)13-18(22)20-15-5-6-16-17(10-15)24-9-8-23-16/h5-6,10,14,19H,2-4,7-9,11-13H2,1H3,(H,20,22). The van der Waals surface area contributed by atoms with Crippen LogP contribution < -0.4 is 20.1 Å². The molecule has 1 atom stereocenters. The molecule has 24 heavy (non-hydrogen) atoms. The number of ether oxygens (including phenoxy) is 2. The predicted molar refractivity (Wildman–Crippen MR) is 93.8 cm³/mol. The van der Waals surface area contributed by atoms with E-state index in [1.165, 1.54) is 12.8 Å². The zero-order valence-corrected chi connectivity index (χ0v) is 14.3. The van der Waals surface area contributed by atoms with E-state index in [1.54, 1.807) is 0 Å². The minimum Gasteiger partial charge on any atom is -0.486 e. The third kappa shape index (κ3) is 4.61. The van der Waals surface area contributed by atoms with Crippen LogP contribution in [-0.2, 0) is 4.79 Å². The molecule has 1 amide bonds. The molecule has 0 spiro atoms. The Morgan fingerprint density at radius 2 is 2.17 bits per heavy atom. The van der Waals surface area contributed by atoms with Gasteiger partial charge >= 0.3 is 0 Å². The van der Waals surface area contributed by atoms with Crippen molar-refractivity contribution in [2.24, 2.45) is 5.92 Å². The number of nitrogens with zero attached hydrogens (tertiary/aromatic N) is 1. The van der Waals surface area contributed by atoms with Gasteiger partial charge in [-0.3, -0.25) is 9.69 Å². The Labute approximate surface area is 143 Å². The number of hydrogen-bond acceptors (Lipinski definition) is 5. The zero-order valence-electron chi connectivity index (χ0n) is 14.3. The number of carbonyl (C=O) groups excluding carboxylic acids is 1. The molecule has 2 aliphatic heterocycles. The summed E-state index contributed by atoms with van der Waals surface area (Å²) < 4.78 is 11.1. The van der Waals surface area contributed by atoms with Crippen LogP contribution in [0.5, 0.6) is 11.5 Å². The minimum atomic E-state index is 0.0114. The summed E-state index contributed by atoms with van der Waals surface area (Å²) in [7, 11) is 0. The Bertz CT molecular complexity index is 558. The normalized spacial score (nSPS) is 20.0. The first kappa shape index (κ1) is 17.0. The van der Waals surface area contributed by atoms with E-state index in [-0.39, 0.29) is 5.91 Å². The molecule has 0 aliphatic carbocycles. The Kier molecular flexibility index (Phi) is 5.93. The van der Waals surface area contributed by atoms with Gasteiger partial charge in [0.25, 0.3) is 0 Å². The fraction of sp³-hybridized carbons (Fsp3) is 0.611. The van der Waals surface area contributed by atoms with E-state index >= 15 is 0 Å². The molecule has 2 N–H and O–H groups in total. The monoisotopic (exact) mass is 333 g/mol. The van der Waals surface area contributed by atoms with E-state index in [4.69, 9.17) is 9.47 Å². The van der Waals surface area contributed by atoms with Crippen LogP contribution in [0.25, 0.3) is 0 Å². The average Bonchev–Trinajstić information content (AvgIpc) is 2.62. The molecule has 1 fully saturated rings. The first-order valence-corrected chi connectivity index (χ1v) is 8.87. The molecule has 3 rings (SSSR count). The average molecular weight is 333 g/mol. The van der Waals surface area contributed by atoms with Gasteiger partial charge in [-0.1, -0.05) is 6.92 Å². The number of likely N-dealkylation sites (N-methyl/N-ethyl adjacent to an activating group) is 1. The minimum absolute atomic E-state index is 0.0114. The number of carbonyl (C=O) groups is 1. The van der Waals surface area contributed by atoms with Crippen LogP contribution in [0.15, 0.2) is 18.2 Å². The van der Waals surface area contributed by atoms with Gasteiger partial charge in [0.1, 0.15) is 13.2 Å². The summed E-state index contributed by atoms with van der Waals surface area (Å²) in [5.74, 6) is 2.08. The van der Waals surface area contributed by atoms with Gasteiger partial charge in [-0.05, 0) is 50.5 Å². The van der Waals surface area contributed by atoms with Gasteiger partial charge in [0.15, 0.2) is 11.5 Å². The van der Waals surface area contributed by atoms with Crippen LogP contribution in [0.2, 0.25) is 0 Å². The van der Waals surface area contributed by atoms with Gasteiger partial charge in [0, 0.05) is 18.3 Å². The molecule has 2 aliphatic rings. The molecule has 1 saturated heterocycles. The molecule has 132 valence electrons. The molecular weight excluding hydrogens is 306 g/mol. The number of amides is 1. The van der Waals surface area contributed by atoms with Crippen LogP contribution in [0.3, 0.4) is 0 Å². The maximum atomic E-state index is 12.4. The van der Waals surface area contributed by atoms with Crippen LogP contribution in [0, 0.1) is 5.92 Å². The number of anilines is 1. The van der Waals surface area contributed by atoms with Gasteiger partial charge in [-0.15, -0.1) is 0 Å². The number of benzene rings is 1. The van der Waals surface area contributed by atoms with Gasteiger partial charge in [0.2, 0.25) is 5.91 Å². The maximum Gasteiger partial charge on any atom is 0.238 e. The molecule has 1 aromatic carbocycles. The van der Waals surface area contributed by atoms with Crippen molar-refractivity contribution in [3.8, 4) is 11.5 Å². The molecule has 0 radical (unpaired) electrons. The Morgan fingerprint density at radius 1 is 1.33 bits per heavy atom. The van der Waals surface area contributed by atoms with Crippen molar-refractivity contribution in [1.82, 2.24) is 10.2 Å². The van der Waals surface area contributed by atoms with E-state index in [0.717, 1.165) is 37.6 Å². The van der Waals surface area contributed by atoms with Crippen LogP contribution in [0.4, 0.5) is 5.69 Å². The smallest absolute Gasteiger partial charge is 0.238 e. The van der Waals surface area contributed by atoms with Crippen LogP contribution >= 0.6 is 0 Å². The molecule has 6 heteroatoms. The van der Waals surface area contributed by atoms with Crippen molar-refractivity contribution >= 4 is 11.6 Å². The second kappa shape index (κ2) is 8.35. The summed E-state index contributed by atoms with van der Waals surface area (Å²) in [6.07, 6.45) is 2.47. The summed E-state index contributed by atoms with van der Waals surface area (Å²) in [4.78, 5) is 14.6. The van der Waals surface area contributed by atoms with Gasteiger partial charge in [-0.2, -0.15) is 0 Å². The predicted octanol–water partition coefficient (Wildman–Crippen LogP) is 1.72. The fourth-order valence-electron chi connectivity index (χ4n) is 3.28. The third-order valence-electron chi connectivity index (χ3n) is 4.56. The molecule has 0 bridgehead atoms. The number of nitrogens with one attached hydrogen (secondary N) is 2. The highest BCUT2D eigenvalue weighted by atomic mass is 16.6. The molecule has 2 heterocycles. The molecule has 0 saturated carbocycles. The van der Waals surface area contributed by atoms with Crippen molar-refractivity contribution in [3.63, 3.8) is 0 Å². The highest BCUT2D eigenvalue weighted by Crippen LogP contribution is 2.32. The van der Waals surface area contributed by atoms with Crippen molar-refractivity contribution in [2.45, 2.75) is 19.8 Å². The van der Waals surface area contributed by atoms with E-state index < -0.39 is 0 Å². The molecule has 0 aromatic heterocycles. The topological polar surface area (TPSA) is 62.8 Å². The highest BCUT2D eigenvalue weighted by molar-refractivity contribution is 5.92. The van der Waals surface area contributed by atoms with Gasteiger partial charge in [0.05, 0.1) is 6.54 Å². The largest absolute Gasteiger partial charge is 0.486 e. The first-order valence-electron chi connectivity index (χ1n) is 8.87. The quantitative estimate of drug-likeness (QED) is 0.830. The van der Waals surface area contributed by atoms with E-state index in [0.29, 0.717) is 31.4 Å². The lowest BCUT2D eigenvalue weighted by Gasteiger charge is -2.29. The number of rotatable bonds is 6. The van der Waals surface area contributed by atoms with Crippen molar-refractivity contribution < 1.29 is 14.3 Å². The fourth-order valence-corrected chi connectivity index (χ4v) is 3.28. The first-order chi connectivity index (χ1) is 11.7. The SMILES string of the molecule is CCN(CC(=O)Nc1ccc2c(c1)OCCO2)CC1CCCNC1. The lowest BCUT2D eigenvalue weighted by molar-refractivity contribution is -0.117. The molecule has 1 aromatic rings. The van der Waals surface area contributed by atoms with Crippen LogP contribution in [0.1, 0.15) is 19.8 Å². The third-order valence-corrected chi connectivity index (χ3v) is 4.56. The summed E-state index contributed by atoms with van der Waals surface area (Å²) in [6.45, 7) is 7.66. The van der Waals surface area contributed by atoms with E-state index in [2.05, 4.69) is 22.5 Å². The summed E-state index contributed by atoms with van der Waals surface area (Å²) in [5.41, 5.74) is 0.750. The summed E-state index contributed by atoms with van der Waals surface area (Å²) in [6, 6.07) is 5.52. The molecule has 6 nitrogen and oxygen atoms in total. The lowest BCUT2D eigenvalue weighted by Crippen LogP contribution is -2.41. The van der Waals surface area contributed by atoms with Crippen molar-refractivity contribution in [1.29, 1.82) is 0 Å². The second-order valence-electron chi connectivity index (χ2n) is 6.45. The van der Waals surface area contributed by atoms with E-state index in [1.807, 2.05) is 18.2 Å². The lowest BCUT2D eigenvalue weighted by atomic mass is 9.99. The van der Waals surface area contributed by atoms with Crippen LogP contribution in [-0.4, -0.2) is 56.7 Å². The Morgan fingerprint density at radius 3 is 2.92 bits per heavy atom. The molecule has 1 unspecified atom stereocenters. The molecular formula is C18H27N3O3. The highest BCUT2D eigenvalue weighted by Gasteiger charge is 2.18. The maximum absolute atomic E-state index is 12.4. The van der Waals surface area contributed by atoms with E-state index in [9.17, 15) is 4.79 Å². The Balaban J connectivity index is 1.52. The number of hydrogen-bond donors (Lipinski definition) is 2.